The monoisotopic (exact) mass is 261 g/mol. The molecule has 1 aromatic heterocycles. The van der Waals surface area contributed by atoms with Gasteiger partial charge in [-0.05, 0) is 43.4 Å². The minimum atomic E-state index is 0.520. The molecule has 0 radical (unpaired) electrons. The maximum Gasteiger partial charge on any atom is 0.129 e. The summed E-state index contributed by atoms with van der Waals surface area (Å²) in [6, 6.07) is 4.96. The molecule has 3 nitrogen and oxygen atoms in total. The number of aromatic nitrogens is 1. The first-order valence-corrected chi connectivity index (χ1v) is 7.50. The van der Waals surface area contributed by atoms with Gasteiger partial charge >= 0.3 is 0 Å². The van der Waals surface area contributed by atoms with Crippen molar-refractivity contribution in [3.05, 3.63) is 23.4 Å². The Morgan fingerprint density at radius 1 is 1.42 bits per heavy atom. The van der Waals surface area contributed by atoms with E-state index >= 15 is 0 Å². The van der Waals surface area contributed by atoms with Crippen molar-refractivity contribution in [1.82, 2.24) is 10.3 Å². The van der Waals surface area contributed by atoms with Crippen molar-refractivity contribution in [2.24, 2.45) is 5.92 Å². The molecular formula is C16H27N3. The molecule has 0 saturated carbocycles. The van der Waals surface area contributed by atoms with Crippen LogP contribution < -0.4 is 10.2 Å². The molecule has 1 atom stereocenters. The fourth-order valence-electron chi connectivity index (χ4n) is 2.70. The van der Waals surface area contributed by atoms with Crippen LogP contribution in [0.2, 0.25) is 0 Å². The first kappa shape index (κ1) is 14.3. The highest BCUT2D eigenvalue weighted by Crippen LogP contribution is 2.22. The third kappa shape index (κ3) is 4.20. The lowest BCUT2D eigenvalue weighted by molar-refractivity contribution is 0.444. The number of hydrogen-bond acceptors (Lipinski definition) is 3. The number of rotatable bonds is 4. The van der Waals surface area contributed by atoms with Crippen LogP contribution in [0.1, 0.15) is 44.9 Å². The molecule has 106 valence electrons. The summed E-state index contributed by atoms with van der Waals surface area (Å²) < 4.78 is 0. The van der Waals surface area contributed by atoms with E-state index in [4.69, 9.17) is 4.98 Å². The summed E-state index contributed by atoms with van der Waals surface area (Å²) in [5, 5.41) is 3.48. The molecule has 1 fully saturated rings. The molecule has 0 bridgehead atoms. The van der Waals surface area contributed by atoms with Crippen LogP contribution in [-0.4, -0.2) is 24.1 Å². The van der Waals surface area contributed by atoms with E-state index in [0.29, 0.717) is 6.04 Å². The summed E-state index contributed by atoms with van der Waals surface area (Å²) in [5.41, 5.74) is 2.46. The molecular weight excluding hydrogens is 234 g/mol. The molecule has 0 aliphatic carbocycles. The van der Waals surface area contributed by atoms with Crippen molar-refractivity contribution >= 4 is 5.82 Å². The van der Waals surface area contributed by atoms with Crippen LogP contribution in [-0.2, 0) is 6.54 Å². The number of nitrogens with zero attached hydrogens (tertiary/aromatic N) is 2. The van der Waals surface area contributed by atoms with Gasteiger partial charge in [-0.2, -0.15) is 0 Å². The summed E-state index contributed by atoms with van der Waals surface area (Å²) in [4.78, 5) is 7.16. The first-order chi connectivity index (χ1) is 9.04. The van der Waals surface area contributed by atoms with Crippen LogP contribution in [0, 0.1) is 12.8 Å². The highest BCUT2D eigenvalue weighted by molar-refractivity contribution is 5.43. The molecule has 0 amide bonds. The minimum absolute atomic E-state index is 0.520. The molecule has 0 aromatic carbocycles. The number of aryl methyl sites for hydroxylation is 1. The zero-order valence-corrected chi connectivity index (χ0v) is 12.7. The summed E-state index contributed by atoms with van der Waals surface area (Å²) >= 11 is 0. The third-order valence-corrected chi connectivity index (χ3v) is 3.70. The molecule has 1 aliphatic rings. The van der Waals surface area contributed by atoms with Gasteiger partial charge in [-0.25, -0.2) is 4.98 Å². The number of hydrogen-bond donors (Lipinski definition) is 1. The van der Waals surface area contributed by atoms with E-state index in [2.05, 4.69) is 50.0 Å². The topological polar surface area (TPSA) is 28.2 Å². The summed E-state index contributed by atoms with van der Waals surface area (Å²) in [6.07, 6.45) is 2.64. The molecule has 0 spiro atoms. The van der Waals surface area contributed by atoms with E-state index in [1.54, 1.807) is 0 Å². The summed E-state index contributed by atoms with van der Waals surface area (Å²) in [6.45, 7) is 12.0. The minimum Gasteiger partial charge on any atom is -0.356 e. The molecule has 1 N–H and O–H groups in total. The second-order valence-electron chi connectivity index (χ2n) is 6.20. The van der Waals surface area contributed by atoms with Crippen molar-refractivity contribution < 1.29 is 0 Å². The molecule has 1 aromatic rings. The SMILES string of the molecule is Cc1cc(CNC(C)C)cc(N2CCCC(C)C2)n1. The third-order valence-electron chi connectivity index (χ3n) is 3.70. The quantitative estimate of drug-likeness (QED) is 0.902. The maximum absolute atomic E-state index is 4.72. The fraction of sp³-hybridized carbons (Fsp3) is 0.688. The lowest BCUT2D eigenvalue weighted by Gasteiger charge is -2.32. The predicted octanol–water partition coefficient (Wildman–Crippen LogP) is 3.12. The van der Waals surface area contributed by atoms with Crippen LogP contribution in [0.3, 0.4) is 0 Å². The molecule has 1 aliphatic heterocycles. The largest absolute Gasteiger partial charge is 0.356 e. The number of pyridine rings is 1. The molecule has 1 unspecified atom stereocenters. The van der Waals surface area contributed by atoms with Crippen LogP contribution in [0.15, 0.2) is 12.1 Å². The Hall–Kier alpha value is -1.09. The predicted molar refractivity (Wildman–Crippen MR) is 81.6 cm³/mol. The Kier molecular flexibility index (Phi) is 4.81. The maximum atomic E-state index is 4.72. The fourth-order valence-corrected chi connectivity index (χ4v) is 2.70. The molecule has 2 heterocycles. The van der Waals surface area contributed by atoms with Crippen LogP contribution >= 0.6 is 0 Å². The average Bonchev–Trinajstić information content (AvgIpc) is 2.36. The summed E-state index contributed by atoms with van der Waals surface area (Å²) in [7, 11) is 0. The molecule has 1 saturated heterocycles. The van der Waals surface area contributed by atoms with E-state index < -0.39 is 0 Å². The summed E-state index contributed by atoms with van der Waals surface area (Å²) in [5.74, 6) is 1.94. The van der Waals surface area contributed by atoms with E-state index in [9.17, 15) is 0 Å². The van der Waals surface area contributed by atoms with Crippen LogP contribution in [0.5, 0.6) is 0 Å². The zero-order valence-electron chi connectivity index (χ0n) is 12.7. The average molecular weight is 261 g/mol. The van der Waals surface area contributed by atoms with Crippen LogP contribution in [0.4, 0.5) is 5.82 Å². The van der Waals surface area contributed by atoms with Crippen molar-refractivity contribution in [3.8, 4) is 0 Å². The highest BCUT2D eigenvalue weighted by atomic mass is 15.2. The van der Waals surface area contributed by atoms with Crippen LogP contribution in [0.25, 0.3) is 0 Å². The van der Waals surface area contributed by atoms with Crippen molar-refractivity contribution in [3.63, 3.8) is 0 Å². The van der Waals surface area contributed by atoms with Gasteiger partial charge in [0.15, 0.2) is 0 Å². The smallest absolute Gasteiger partial charge is 0.129 e. The van der Waals surface area contributed by atoms with Crippen molar-refractivity contribution in [2.75, 3.05) is 18.0 Å². The second-order valence-corrected chi connectivity index (χ2v) is 6.20. The standard InChI is InChI=1S/C16H27N3/c1-12(2)17-10-15-8-14(4)18-16(9-15)19-7-5-6-13(3)11-19/h8-9,12-13,17H,5-7,10-11H2,1-4H3. The van der Waals surface area contributed by atoms with Gasteiger partial charge < -0.3 is 10.2 Å². The number of piperidine rings is 1. The Morgan fingerprint density at radius 2 is 2.21 bits per heavy atom. The Morgan fingerprint density at radius 3 is 2.89 bits per heavy atom. The van der Waals surface area contributed by atoms with E-state index in [1.165, 1.54) is 18.4 Å². The lowest BCUT2D eigenvalue weighted by atomic mass is 10.0. The Bertz CT molecular complexity index is 414. The van der Waals surface area contributed by atoms with Gasteiger partial charge in [0, 0.05) is 31.4 Å². The van der Waals surface area contributed by atoms with Gasteiger partial charge in [0.1, 0.15) is 5.82 Å². The van der Waals surface area contributed by atoms with Crippen molar-refractivity contribution in [1.29, 1.82) is 0 Å². The highest BCUT2D eigenvalue weighted by Gasteiger charge is 2.18. The molecule has 3 heteroatoms. The molecule has 19 heavy (non-hydrogen) atoms. The normalized spacial score (nSPS) is 20.1. The Balaban J connectivity index is 2.11. The number of anilines is 1. The van der Waals surface area contributed by atoms with E-state index in [1.807, 2.05) is 0 Å². The van der Waals surface area contributed by atoms with E-state index in [0.717, 1.165) is 37.1 Å². The first-order valence-electron chi connectivity index (χ1n) is 7.50. The Labute approximate surface area is 117 Å². The van der Waals surface area contributed by atoms with Gasteiger partial charge in [-0.3, -0.25) is 0 Å². The lowest BCUT2D eigenvalue weighted by Crippen LogP contribution is -2.35. The van der Waals surface area contributed by atoms with Crippen molar-refractivity contribution in [2.45, 2.75) is 53.1 Å². The van der Waals surface area contributed by atoms with Gasteiger partial charge in [0.05, 0.1) is 0 Å². The second kappa shape index (κ2) is 6.38. The van der Waals surface area contributed by atoms with Gasteiger partial charge in [0.25, 0.3) is 0 Å². The number of nitrogens with one attached hydrogen (secondary N) is 1. The zero-order chi connectivity index (χ0) is 13.8. The van der Waals surface area contributed by atoms with Gasteiger partial charge in [0.2, 0.25) is 0 Å². The molecule has 2 rings (SSSR count). The van der Waals surface area contributed by atoms with Gasteiger partial charge in [-0.15, -0.1) is 0 Å². The van der Waals surface area contributed by atoms with E-state index in [-0.39, 0.29) is 0 Å². The van der Waals surface area contributed by atoms with Gasteiger partial charge in [-0.1, -0.05) is 20.8 Å².